The van der Waals surface area contributed by atoms with Crippen molar-refractivity contribution in [2.24, 2.45) is 11.8 Å². The van der Waals surface area contributed by atoms with E-state index in [1.54, 1.807) is 0 Å². The molecule has 1 fully saturated rings. The number of hydrogen-bond acceptors (Lipinski definition) is 2. The molecule has 1 heterocycles. The average Bonchev–Trinajstić information content (AvgIpc) is 3.18. The second kappa shape index (κ2) is 9.87. The third-order valence-electron chi connectivity index (χ3n) is 6.22. The van der Waals surface area contributed by atoms with Crippen molar-refractivity contribution in [3.63, 3.8) is 0 Å². The van der Waals surface area contributed by atoms with Crippen LogP contribution in [-0.2, 0) is 17.8 Å². The zero-order valence-electron chi connectivity index (χ0n) is 17.3. The highest BCUT2D eigenvalue weighted by atomic mass is 16.5. The molecule has 0 aliphatic carbocycles. The highest BCUT2D eigenvalue weighted by Gasteiger charge is 2.35. The predicted molar refractivity (Wildman–Crippen MR) is 120 cm³/mol. The monoisotopic (exact) mass is 385 g/mol. The molecule has 4 rings (SSSR count). The molecule has 2 heteroatoms. The van der Waals surface area contributed by atoms with Crippen LogP contribution in [-0.4, -0.2) is 24.6 Å². The van der Waals surface area contributed by atoms with Crippen molar-refractivity contribution < 1.29 is 4.74 Å². The van der Waals surface area contributed by atoms with Gasteiger partial charge >= 0.3 is 0 Å². The smallest absolute Gasteiger partial charge is 0.0717 e. The van der Waals surface area contributed by atoms with Gasteiger partial charge in [0.25, 0.3) is 0 Å². The van der Waals surface area contributed by atoms with Gasteiger partial charge in [0, 0.05) is 19.1 Å². The van der Waals surface area contributed by atoms with Gasteiger partial charge in [-0.3, -0.25) is 4.90 Å². The second-order valence-corrected chi connectivity index (χ2v) is 8.25. The second-order valence-electron chi connectivity index (χ2n) is 8.25. The third-order valence-corrected chi connectivity index (χ3v) is 6.22. The van der Waals surface area contributed by atoms with E-state index in [9.17, 15) is 0 Å². The van der Waals surface area contributed by atoms with E-state index in [-0.39, 0.29) is 0 Å². The molecule has 3 aromatic rings. The number of rotatable bonds is 8. The molecule has 0 aromatic heterocycles. The minimum atomic E-state index is 0.439. The van der Waals surface area contributed by atoms with E-state index in [4.69, 9.17) is 4.74 Å². The van der Waals surface area contributed by atoms with Crippen molar-refractivity contribution >= 4 is 0 Å². The molecule has 0 unspecified atom stereocenters. The van der Waals surface area contributed by atoms with Crippen LogP contribution in [0.2, 0.25) is 0 Å². The van der Waals surface area contributed by atoms with Crippen molar-refractivity contribution in [1.29, 1.82) is 0 Å². The number of likely N-dealkylation sites (tertiary alicyclic amines) is 1. The number of nitrogens with zero attached hydrogens (tertiary/aromatic N) is 1. The van der Waals surface area contributed by atoms with Gasteiger partial charge in [-0.1, -0.05) is 91.0 Å². The van der Waals surface area contributed by atoms with Gasteiger partial charge in [-0.2, -0.15) is 0 Å². The summed E-state index contributed by atoms with van der Waals surface area (Å²) in [4.78, 5) is 2.64. The van der Waals surface area contributed by atoms with Gasteiger partial charge < -0.3 is 4.74 Å². The van der Waals surface area contributed by atoms with E-state index in [1.165, 1.54) is 16.7 Å². The number of hydrogen-bond donors (Lipinski definition) is 0. The summed E-state index contributed by atoms with van der Waals surface area (Å²) in [5, 5.41) is 0. The normalized spacial score (nSPS) is 20.6. The van der Waals surface area contributed by atoms with Gasteiger partial charge in [-0.25, -0.2) is 0 Å². The van der Waals surface area contributed by atoms with E-state index in [2.05, 4.69) is 103 Å². The lowest BCUT2D eigenvalue weighted by Crippen LogP contribution is -2.25. The number of benzene rings is 3. The van der Waals surface area contributed by atoms with Gasteiger partial charge in [0.2, 0.25) is 0 Å². The average molecular weight is 386 g/mol. The van der Waals surface area contributed by atoms with E-state index < -0.39 is 0 Å². The van der Waals surface area contributed by atoms with Crippen molar-refractivity contribution in [2.45, 2.75) is 26.0 Å². The quantitative estimate of drug-likeness (QED) is 0.489. The molecule has 29 heavy (non-hydrogen) atoms. The van der Waals surface area contributed by atoms with Crippen molar-refractivity contribution in [3.8, 4) is 0 Å². The SMILES string of the molecule is C[C@H](c1ccccc1)N1C[C@H](COCc2ccccc2)[C@@H](Cc2ccccc2)C1. The summed E-state index contributed by atoms with van der Waals surface area (Å²) < 4.78 is 6.18. The molecule has 0 bridgehead atoms. The Hall–Kier alpha value is -2.42. The van der Waals surface area contributed by atoms with Crippen LogP contribution in [0.1, 0.15) is 29.7 Å². The highest BCUT2D eigenvalue weighted by Crippen LogP contribution is 2.33. The standard InChI is InChI=1S/C27H31NO/c1-22(25-15-9-4-10-16-25)28-18-26(17-23-11-5-2-6-12-23)27(19-28)21-29-20-24-13-7-3-8-14-24/h2-16,22,26-27H,17-21H2,1H3/t22-,26+,27-/m1/s1. The van der Waals surface area contributed by atoms with E-state index in [0.29, 0.717) is 24.5 Å². The maximum absolute atomic E-state index is 6.18. The van der Waals surface area contributed by atoms with Crippen LogP contribution < -0.4 is 0 Å². The minimum Gasteiger partial charge on any atom is -0.376 e. The van der Waals surface area contributed by atoms with Gasteiger partial charge in [0.15, 0.2) is 0 Å². The molecule has 0 amide bonds. The maximum Gasteiger partial charge on any atom is 0.0717 e. The Balaban J connectivity index is 1.42. The molecule has 150 valence electrons. The summed E-state index contributed by atoms with van der Waals surface area (Å²) in [5.74, 6) is 1.18. The summed E-state index contributed by atoms with van der Waals surface area (Å²) in [6.07, 6.45) is 1.12. The van der Waals surface area contributed by atoms with Gasteiger partial charge in [0.1, 0.15) is 0 Å². The summed E-state index contributed by atoms with van der Waals surface area (Å²) >= 11 is 0. The summed E-state index contributed by atoms with van der Waals surface area (Å²) in [6.45, 7) is 6.09. The minimum absolute atomic E-state index is 0.439. The van der Waals surface area contributed by atoms with Gasteiger partial charge in [-0.15, -0.1) is 0 Å². The fourth-order valence-electron chi connectivity index (χ4n) is 4.47. The van der Waals surface area contributed by atoms with E-state index >= 15 is 0 Å². The predicted octanol–water partition coefficient (Wildman–Crippen LogP) is 5.76. The first kappa shape index (κ1) is 19.9. The first-order chi connectivity index (χ1) is 14.3. The maximum atomic E-state index is 6.18. The topological polar surface area (TPSA) is 12.5 Å². The van der Waals surface area contributed by atoms with E-state index in [1.807, 2.05) is 0 Å². The first-order valence-electron chi connectivity index (χ1n) is 10.7. The highest BCUT2D eigenvalue weighted by molar-refractivity contribution is 5.20. The number of ether oxygens (including phenoxy) is 1. The Labute approximate surface area is 175 Å². The fourth-order valence-corrected chi connectivity index (χ4v) is 4.47. The molecule has 0 radical (unpaired) electrons. The van der Waals surface area contributed by atoms with Gasteiger partial charge in [0.05, 0.1) is 13.2 Å². The lowest BCUT2D eigenvalue weighted by atomic mass is 9.90. The molecular formula is C27H31NO. The molecule has 0 spiro atoms. The first-order valence-corrected chi connectivity index (χ1v) is 10.7. The van der Waals surface area contributed by atoms with Crippen LogP contribution in [0, 0.1) is 11.8 Å². The summed E-state index contributed by atoms with van der Waals surface area (Å²) in [5.41, 5.74) is 4.08. The van der Waals surface area contributed by atoms with Gasteiger partial charge in [-0.05, 0) is 41.9 Å². The molecule has 0 saturated carbocycles. The van der Waals surface area contributed by atoms with Crippen LogP contribution >= 0.6 is 0 Å². The Morgan fingerprint density at radius 1 is 0.759 bits per heavy atom. The van der Waals surface area contributed by atoms with Crippen LogP contribution in [0.25, 0.3) is 0 Å². The molecule has 3 atom stereocenters. The van der Waals surface area contributed by atoms with Crippen LogP contribution in [0.5, 0.6) is 0 Å². The zero-order chi connectivity index (χ0) is 19.9. The van der Waals surface area contributed by atoms with Crippen molar-refractivity contribution in [2.75, 3.05) is 19.7 Å². The Morgan fingerprint density at radius 2 is 1.31 bits per heavy atom. The van der Waals surface area contributed by atoms with Crippen molar-refractivity contribution in [3.05, 3.63) is 108 Å². The summed E-state index contributed by atoms with van der Waals surface area (Å²) in [6, 6.07) is 32.7. The molecular weight excluding hydrogens is 354 g/mol. The Bertz CT molecular complexity index is 849. The zero-order valence-corrected chi connectivity index (χ0v) is 17.3. The third kappa shape index (κ3) is 5.35. The Kier molecular flexibility index (Phi) is 6.76. The van der Waals surface area contributed by atoms with Crippen LogP contribution in [0.3, 0.4) is 0 Å². The molecule has 1 saturated heterocycles. The molecule has 1 aliphatic rings. The lowest BCUT2D eigenvalue weighted by molar-refractivity contribution is 0.0763. The lowest BCUT2D eigenvalue weighted by Gasteiger charge is -2.25. The van der Waals surface area contributed by atoms with Crippen LogP contribution in [0.15, 0.2) is 91.0 Å². The Morgan fingerprint density at radius 3 is 1.97 bits per heavy atom. The molecule has 0 N–H and O–H groups in total. The van der Waals surface area contributed by atoms with E-state index in [0.717, 1.165) is 26.1 Å². The fraction of sp³-hybridized carbons (Fsp3) is 0.333. The molecule has 2 nitrogen and oxygen atoms in total. The van der Waals surface area contributed by atoms with Crippen LogP contribution in [0.4, 0.5) is 0 Å². The largest absolute Gasteiger partial charge is 0.376 e. The molecule has 3 aromatic carbocycles. The molecule has 1 aliphatic heterocycles. The van der Waals surface area contributed by atoms with Crippen molar-refractivity contribution in [1.82, 2.24) is 4.90 Å². The summed E-state index contributed by atoms with van der Waals surface area (Å²) in [7, 11) is 0.